The lowest BCUT2D eigenvalue weighted by atomic mass is 9.82. The number of nitrogens with zero attached hydrogens (tertiary/aromatic N) is 3. The average molecular weight is 875 g/mol. The molecule has 0 unspecified atom stereocenters. The van der Waals surface area contributed by atoms with Crippen molar-refractivity contribution < 1.29 is 58.4 Å². The van der Waals surface area contributed by atoms with Gasteiger partial charge in [-0.1, -0.05) is 53.9 Å². The van der Waals surface area contributed by atoms with Crippen LogP contribution in [0, 0.1) is 11.8 Å². The van der Waals surface area contributed by atoms with Crippen LogP contribution >= 0.6 is 11.5 Å². The molecule has 0 saturated carbocycles. The first-order chi connectivity index (χ1) is 29.0. The van der Waals surface area contributed by atoms with Crippen LogP contribution in [0.1, 0.15) is 72.3 Å². The number of carbonyl (C=O) groups is 2. The topological polar surface area (TPSA) is 211 Å². The predicted molar refractivity (Wildman–Crippen MR) is 227 cm³/mol. The SMILES string of the molecule is CO[C@@H]1[C@@H](O[C@@H]2O[C@H](C)[C@@H](O[C@H]3C[C@@](C)(O)[C@@H](O)[C@H](C)O3)[C@H](N(C)C)[C@H]2O)[C@H](CCNCc2ccc(-c3cnns3)cc2)C[C@@H](C)C(=O)/C=C/C=C/C[C@@H](C)OC(=O)C[C@@H]1O. The van der Waals surface area contributed by atoms with Gasteiger partial charge in [0.2, 0.25) is 0 Å². The van der Waals surface area contributed by atoms with E-state index in [0.717, 1.165) is 16.0 Å². The van der Waals surface area contributed by atoms with Crippen LogP contribution in [0.2, 0.25) is 0 Å². The number of esters is 1. The second kappa shape index (κ2) is 22.5. The first kappa shape index (κ1) is 49.0. The number of hydrogen-bond acceptors (Lipinski definition) is 17. The maximum absolute atomic E-state index is 13.5. The fourth-order valence-corrected chi connectivity index (χ4v) is 8.99. The number of aromatic nitrogens is 2. The third kappa shape index (κ3) is 13.2. The number of nitrogens with one attached hydrogen (secondary N) is 1. The molecule has 61 heavy (non-hydrogen) atoms. The van der Waals surface area contributed by atoms with E-state index >= 15 is 0 Å². The minimum Gasteiger partial charge on any atom is -0.462 e. The van der Waals surface area contributed by atoms with E-state index in [2.05, 4.69) is 14.9 Å². The van der Waals surface area contributed by atoms with Crippen molar-refractivity contribution in [3.05, 3.63) is 60.3 Å². The normalized spacial score (nSPS) is 38.2. The van der Waals surface area contributed by atoms with Gasteiger partial charge < -0.3 is 59.1 Å². The minimum absolute atomic E-state index is 0.0113. The molecule has 5 N–H and O–H groups in total. The Morgan fingerprint density at radius 3 is 2.38 bits per heavy atom. The molecule has 0 spiro atoms. The van der Waals surface area contributed by atoms with Gasteiger partial charge >= 0.3 is 5.97 Å². The summed E-state index contributed by atoms with van der Waals surface area (Å²) in [5.41, 5.74) is 0.610. The smallest absolute Gasteiger partial charge is 0.308 e. The molecule has 2 aromatic rings. The quantitative estimate of drug-likeness (QED) is 0.153. The number of carbonyl (C=O) groups excluding carboxylic acids is 2. The molecule has 15 atom stereocenters. The number of likely N-dealkylation sites (N-methyl/N-ethyl adjacent to an activating group) is 1. The van der Waals surface area contributed by atoms with Crippen molar-refractivity contribution in [3.8, 4) is 10.4 Å². The molecule has 0 aliphatic carbocycles. The van der Waals surface area contributed by atoms with Crippen LogP contribution in [0.5, 0.6) is 0 Å². The summed E-state index contributed by atoms with van der Waals surface area (Å²) in [4.78, 5) is 29.5. The standard InChI is InChI=1S/C44H66N4O12S/c1-25-20-31(18-19-45-23-29-14-16-30(17-15-29)34-24-46-47-61-34)40(41(55-8)33(50)21-35(51)56-26(2)12-10-9-11-13-32(25)49)60-43-38(52)37(48(6)7)39(27(3)58-43)59-36-22-44(5,54)42(53)28(4)57-36/h9-11,13-17,24-28,31,33,36-43,45,50,52-54H,12,18-23H2,1-8H3/b10-9+,13-11+/t25-,26-,27-,28+,31-,33+,36+,37-,38-,39-,40+,41+,42+,43+,44-/m1/s1. The van der Waals surface area contributed by atoms with Crippen molar-refractivity contribution in [2.24, 2.45) is 11.8 Å². The van der Waals surface area contributed by atoms with Crippen LogP contribution in [-0.4, -0.2) is 154 Å². The number of benzene rings is 1. The Hall–Kier alpha value is -3.04. The van der Waals surface area contributed by atoms with Gasteiger partial charge in [-0.05, 0) is 95.8 Å². The van der Waals surface area contributed by atoms with Gasteiger partial charge in [0.25, 0.3) is 0 Å². The van der Waals surface area contributed by atoms with Crippen molar-refractivity contribution in [2.45, 2.75) is 152 Å². The molecule has 2 saturated heterocycles. The van der Waals surface area contributed by atoms with Crippen molar-refractivity contribution in [3.63, 3.8) is 0 Å². The monoisotopic (exact) mass is 874 g/mol. The molecule has 340 valence electrons. The van der Waals surface area contributed by atoms with Crippen LogP contribution in [0.15, 0.2) is 54.8 Å². The van der Waals surface area contributed by atoms with Gasteiger partial charge in [0.15, 0.2) is 18.4 Å². The van der Waals surface area contributed by atoms with E-state index in [1.165, 1.54) is 31.6 Å². The molecule has 3 aliphatic heterocycles. The van der Waals surface area contributed by atoms with E-state index in [0.29, 0.717) is 32.4 Å². The number of hydrogen-bond donors (Lipinski definition) is 5. The highest BCUT2D eigenvalue weighted by atomic mass is 32.1. The zero-order chi connectivity index (χ0) is 44.4. The number of cyclic esters (lactones) is 1. The molecule has 5 rings (SSSR count). The van der Waals surface area contributed by atoms with Gasteiger partial charge in [-0.15, -0.1) is 5.10 Å². The zero-order valence-corrected chi connectivity index (χ0v) is 37.4. The molecule has 0 radical (unpaired) electrons. The van der Waals surface area contributed by atoms with E-state index < -0.39 is 103 Å². The number of allylic oxidation sites excluding steroid dienone is 3. The van der Waals surface area contributed by atoms with Crippen LogP contribution < -0.4 is 5.32 Å². The van der Waals surface area contributed by atoms with E-state index in [1.54, 1.807) is 58.1 Å². The van der Waals surface area contributed by atoms with E-state index in [4.69, 9.17) is 28.4 Å². The summed E-state index contributed by atoms with van der Waals surface area (Å²) >= 11 is 1.33. The summed E-state index contributed by atoms with van der Waals surface area (Å²) in [6, 6.07) is 7.40. The molecule has 17 heteroatoms. The second-order valence-electron chi connectivity index (χ2n) is 17.2. The Bertz CT molecular complexity index is 1730. The summed E-state index contributed by atoms with van der Waals surface area (Å²) in [5.74, 6) is -1.66. The van der Waals surface area contributed by atoms with Crippen LogP contribution in [0.4, 0.5) is 0 Å². The molecule has 4 heterocycles. The Morgan fingerprint density at radius 2 is 1.72 bits per heavy atom. The molecule has 3 aliphatic rings. The summed E-state index contributed by atoms with van der Waals surface area (Å²) in [6.07, 6.45) is -1.50. The Morgan fingerprint density at radius 1 is 0.984 bits per heavy atom. The Balaban J connectivity index is 1.42. The fraction of sp³-hybridized carbons (Fsp3) is 0.682. The maximum atomic E-state index is 13.5. The molecule has 16 nitrogen and oxygen atoms in total. The lowest BCUT2D eigenvalue weighted by Crippen LogP contribution is -2.65. The summed E-state index contributed by atoms with van der Waals surface area (Å²) < 4.78 is 41.1. The number of aliphatic hydroxyl groups is 4. The lowest BCUT2D eigenvalue weighted by Gasteiger charge is -2.50. The highest BCUT2D eigenvalue weighted by molar-refractivity contribution is 7.09. The fourth-order valence-electron chi connectivity index (χ4n) is 8.47. The van der Waals surface area contributed by atoms with Crippen LogP contribution in [0.25, 0.3) is 10.4 Å². The van der Waals surface area contributed by atoms with Gasteiger partial charge in [0, 0.05) is 32.4 Å². The molecule has 0 amide bonds. The van der Waals surface area contributed by atoms with E-state index in [1.807, 2.05) is 37.3 Å². The Labute approximate surface area is 363 Å². The van der Waals surface area contributed by atoms with E-state index in [9.17, 15) is 30.0 Å². The number of ketones is 1. The number of methoxy groups -OCH3 is 1. The molecular formula is C44H66N4O12S. The van der Waals surface area contributed by atoms with Gasteiger partial charge in [-0.3, -0.25) is 9.59 Å². The zero-order valence-electron chi connectivity index (χ0n) is 36.5. The lowest BCUT2D eigenvalue weighted by molar-refractivity contribution is -0.344. The molecule has 1 aromatic carbocycles. The summed E-state index contributed by atoms with van der Waals surface area (Å²) in [5, 5.41) is 52.7. The van der Waals surface area contributed by atoms with Gasteiger partial charge in [0.1, 0.15) is 30.5 Å². The van der Waals surface area contributed by atoms with Crippen molar-refractivity contribution in [2.75, 3.05) is 27.7 Å². The second-order valence-corrected chi connectivity index (χ2v) is 18.0. The Kier molecular flexibility index (Phi) is 18.1. The largest absolute Gasteiger partial charge is 0.462 e. The first-order valence-electron chi connectivity index (χ1n) is 21.2. The average Bonchev–Trinajstić information content (AvgIpc) is 3.74. The van der Waals surface area contributed by atoms with Gasteiger partial charge in [-0.25, -0.2) is 0 Å². The van der Waals surface area contributed by atoms with Crippen molar-refractivity contribution in [1.82, 2.24) is 19.8 Å². The van der Waals surface area contributed by atoms with Crippen LogP contribution in [-0.2, 0) is 44.6 Å². The number of aliphatic hydroxyl groups excluding tert-OH is 3. The van der Waals surface area contributed by atoms with Crippen molar-refractivity contribution in [1.29, 1.82) is 0 Å². The summed E-state index contributed by atoms with van der Waals surface area (Å²) in [7, 11) is 5.00. The maximum Gasteiger partial charge on any atom is 0.308 e. The van der Waals surface area contributed by atoms with E-state index in [-0.39, 0.29) is 12.2 Å². The third-order valence-corrected chi connectivity index (χ3v) is 12.6. The summed E-state index contributed by atoms with van der Waals surface area (Å²) in [6.45, 7) is 9.59. The highest BCUT2D eigenvalue weighted by Gasteiger charge is 2.51. The molecule has 2 fully saturated rings. The molecular weight excluding hydrogens is 809 g/mol. The number of ether oxygens (including phenoxy) is 6. The predicted octanol–water partition coefficient (Wildman–Crippen LogP) is 3.16. The van der Waals surface area contributed by atoms with Gasteiger partial charge in [0.05, 0.1) is 53.6 Å². The first-order valence-corrected chi connectivity index (χ1v) is 22.0. The van der Waals surface area contributed by atoms with Crippen LogP contribution in [0.3, 0.4) is 0 Å². The van der Waals surface area contributed by atoms with Crippen molar-refractivity contribution >= 4 is 23.3 Å². The van der Waals surface area contributed by atoms with Gasteiger partial charge in [-0.2, -0.15) is 0 Å². The minimum atomic E-state index is -1.47. The highest BCUT2D eigenvalue weighted by Crippen LogP contribution is 2.36. The number of rotatable bonds is 12. The third-order valence-electron chi connectivity index (χ3n) is 11.9. The molecule has 1 aromatic heterocycles. The molecule has 0 bridgehead atoms.